The van der Waals surface area contributed by atoms with Gasteiger partial charge in [0, 0.05) is 6.04 Å². The first-order chi connectivity index (χ1) is 8.74. The van der Waals surface area contributed by atoms with Crippen molar-refractivity contribution >= 4 is 5.97 Å². The molecule has 3 heteroatoms. The van der Waals surface area contributed by atoms with E-state index < -0.39 is 0 Å². The molecule has 0 aromatic heterocycles. The van der Waals surface area contributed by atoms with Gasteiger partial charge in [-0.3, -0.25) is 4.79 Å². The van der Waals surface area contributed by atoms with Crippen LogP contribution in [-0.4, -0.2) is 25.7 Å². The minimum atomic E-state index is -0.0835. The van der Waals surface area contributed by atoms with Crippen LogP contribution >= 0.6 is 0 Å². The highest BCUT2D eigenvalue weighted by Gasteiger charge is 2.12. The zero-order valence-electron chi connectivity index (χ0n) is 12.5. The predicted molar refractivity (Wildman–Crippen MR) is 76.7 cm³/mol. The summed E-state index contributed by atoms with van der Waals surface area (Å²) in [7, 11) is 1.92. The van der Waals surface area contributed by atoms with E-state index in [-0.39, 0.29) is 12.0 Å². The molecule has 0 fully saturated rings. The molecule has 0 saturated heterocycles. The van der Waals surface area contributed by atoms with Crippen LogP contribution in [0.5, 0.6) is 0 Å². The summed E-state index contributed by atoms with van der Waals surface area (Å²) in [5.41, 5.74) is 0. The Labute approximate surface area is 113 Å². The van der Waals surface area contributed by atoms with Crippen molar-refractivity contribution < 1.29 is 9.53 Å². The standard InChI is InChI=1S/C15H31NO2/c1-4-6-7-8-9-10-11-12-14(16-3)13-15(17)18-5-2/h14,16H,4-13H2,1-3H3. The summed E-state index contributed by atoms with van der Waals surface area (Å²) in [4.78, 5) is 11.4. The van der Waals surface area contributed by atoms with Gasteiger partial charge >= 0.3 is 5.97 Å². The van der Waals surface area contributed by atoms with E-state index in [4.69, 9.17) is 4.74 Å². The minimum Gasteiger partial charge on any atom is -0.466 e. The number of rotatable bonds is 12. The maximum atomic E-state index is 11.4. The van der Waals surface area contributed by atoms with Gasteiger partial charge in [-0.05, 0) is 20.4 Å². The largest absolute Gasteiger partial charge is 0.466 e. The van der Waals surface area contributed by atoms with Crippen LogP contribution in [0.15, 0.2) is 0 Å². The Morgan fingerprint density at radius 3 is 2.22 bits per heavy atom. The monoisotopic (exact) mass is 257 g/mol. The van der Waals surface area contributed by atoms with E-state index in [1.165, 1.54) is 44.9 Å². The summed E-state index contributed by atoms with van der Waals surface area (Å²) in [5, 5.41) is 3.20. The van der Waals surface area contributed by atoms with E-state index in [2.05, 4.69) is 12.2 Å². The maximum absolute atomic E-state index is 11.4. The van der Waals surface area contributed by atoms with Gasteiger partial charge in [-0.15, -0.1) is 0 Å². The lowest BCUT2D eigenvalue weighted by molar-refractivity contribution is -0.143. The van der Waals surface area contributed by atoms with Crippen LogP contribution in [0.3, 0.4) is 0 Å². The second-order valence-electron chi connectivity index (χ2n) is 4.90. The molecule has 0 aliphatic carbocycles. The van der Waals surface area contributed by atoms with Crippen LogP contribution in [-0.2, 0) is 9.53 Å². The first-order valence-electron chi connectivity index (χ1n) is 7.57. The fourth-order valence-corrected chi connectivity index (χ4v) is 2.12. The molecule has 0 saturated carbocycles. The van der Waals surface area contributed by atoms with Crippen molar-refractivity contribution in [3.63, 3.8) is 0 Å². The quantitative estimate of drug-likeness (QED) is 0.428. The smallest absolute Gasteiger partial charge is 0.307 e. The Morgan fingerprint density at radius 2 is 1.67 bits per heavy atom. The van der Waals surface area contributed by atoms with Crippen molar-refractivity contribution in [1.29, 1.82) is 0 Å². The van der Waals surface area contributed by atoms with Gasteiger partial charge in [0.15, 0.2) is 0 Å². The van der Waals surface area contributed by atoms with Gasteiger partial charge < -0.3 is 10.1 Å². The highest BCUT2D eigenvalue weighted by atomic mass is 16.5. The van der Waals surface area contributed by atoms with Gasteiger partial charge in [0.25, 0.3) is 0 Å². The lowest BCUT2D eigenvalue weighted by atomic mass is 10.0. The van der Waals surface area contributed by atoms with Crippen molar-refractivity contribution in [1.82, 2.24) is 5.32 Å². The number of unbranched alkanes of at least 4 members (excludes halogenated alkanes) is 6. The molecule has 1 unspecified atom stereocenters. The summed E-state index contributed by atoms with van der Waals surface area (Å²) in [6.45, 7) is 4.57. The molecule has 0 radical (unpaired) electrons. The molecule has 1 N–H and O–H groups in total. The van der Waals surface area contributed by atoms with Crippen LogP contribution in [0.4, 0.5) is 0 Å². The molecule has 18 heavy (non-hydrogen) atoms. The third-order valence-corrected chi connectivity index (χ3v) is 3.28. The van der Waals surface area contributed by atoms with Gasteiger partial charge in [0.2, 0.25) is 0 Å². The van der Waals surface area contributed by atoms with Crippen LogP contribution in [0.2, 0.25) is 0 Å². The average molecular weight is 257 g/mol. The Balaban J connectivity index is 3.46. The van der Waals surface area contributed by atoms with Crippen molar-refractivity contribution in [2.75, 3.05) is 13.7 Å². The summed E-state index contributed by atoms with van der Waals surface area (Å²) in [6, 6.07) is 0.277. The van der Waals surface area contributed by atoms with E-state index >= 15 is 0 Å². The number of hydrogen-bond acceptors (Lipinski definition) is 3. The number of hydrogen-bond donors (Lipinski definition) is 1. The lowest BCUT2D eigenvalue weighted by Crippen LogP contribution is -2.28. The van der Waals surface area contributed by atoms with Crippen molar-refractivity contribution in [3.8, 4) is 0 Å². The molecule has 0 spiro atoms. The van der Waals surface area contributed by atoms with Crippen LogP contribution in [0.1, 0.15) is 71.6 Å². The Bertz CT molecular complexity index is 195. The number of nitrogens with one attached hydrogen (secondary N) is 1. The van der Waals surface area contributed by atoms with E-state index in [0.29, 0.717) is 13.0 Å². The maximum Gasteiger partial charge on any atom is 0.307 e. The van der Waals surface area contributed by atoms with E-state index in [1.54, 1.807) is 0 Å². The van der Waals surface area contributed by atoms with Crippen molar-refractivity contribution in [3.05, 3.63) is 0 Å². The van der Waals surface area contributed by atoms with Gasteiger partial charge in [-0.2, -0.15) is 0 Å². The van der Waals surface area contributed by atoms with Gasteiger partial charge in [0.1, 0.15) is 0 Å². The summed E-state index contributed by atoms with van der Waals surface area (Å²) in [5.74, 6) is -0.0835. The zero-order chi connectivity index (χ0) is 13.6. The molecule has 0 rings (SSSR count). The normalized spacial score (nSPS) is 12.4. The first-order valence-corrected chi connectivity index (χ1v) is 7.57. The SMILES string of the molecule is CCCCCCCCCC(CC(=O)OCC)NC. The summed E-state index contributed by atoms with van der Waals surface area (Å²) < 4.78 is 4.97. The fourth-order valence-electron chi connectivity index (χ4n) is 2.12. The second-order valence-corrected chi connectivity index (χ2v) is 4.90. The molecule has 108 valence electrons. The van der Waals surface area contributed by atoms with E-state index in [1.807, 2.05) is 14.0 Å². The lowest BCUT2D eigenvalue weighted by Gasteiger charge is -2.14. The second kappa shape index (κ2) is 12.9. The fraction of sp³-hybridized carbons (Fsp3) is 0.933. The molecule has 0 aromatic rings. The molecule has 0 aromatic carbocycles. The molecule has 0 bridgehead atoms. The third kappa shape index (κ3) is 10.6. The Morgan fingerprint density at radius 1 is 1.06 bits per heavy atom. The molecule has 0 aliphatic heterocycles. The molecular weight excluding hydrogens is 226 g/mol. The van der Waals surface area contributed by atoms with Crippen molar-refractivity contribution in [2.45, 2.75) is 77.7 Å². The number of carbonyl (C=O) groups is 1. The minimum absolute atomic E-state index is 0.0835. The predicted octanol–water partition coefficient (Wildman–Crippen LogP) is 3.67. The molecular formula is C15H31NO2. The molecule has 0 heterocycles. The zero-order valence-corrected chi connectivity index (χ0v) is 12.5. The number of carbonyl (C=O) groups excluding carboxylic acids is 1. The highest BCUT2D eigenvalue weighted by Crippen LogP contribution is 2.11. The Hall–Kier alpha value is -0.570. The van der Waals surface area contributed by atoms with Crippen LogP contribution in [0.25, 0.3) is 0 Å². The molecule has 0 aliphatic rings. The Kier molecular flexibility index (Phi) is 12.5. The molecule has 0 amide bonds. The van der Waals surface area contributed by atoms with Crippen LogP contribution < -0.4 is 5.32 Å². The number of esters is 1. The van der Waals surface area contributed by atoms with E-state index in [9.17, 15) is 4.79 Å². The third-order valence-electron chi connectivity index (χ3n) is 3.28. The van der Waals surface area contributed by atoms with Crippen LogP contribution in [0, 0.1) is 0 Å². The van der Waals surface area contributed by atoms with Gasteiger partial charge in [0.05, 0.1) is 13.0 Å². The molecule has 3 nitrogen and oxygen atoms in total. The summed E-state index contributed by atoms with van der Waals surface area (Å²) in [6.07, 6.45) is 10.8. The number of ether oxygens (including phenoxy) is 1. The van der Waals surface area contributed by atoms with Gasteiger partial charge in [-0.1, -0.05) is 51.9 Å². The van der Waals surface area contributed by atoms with Gasteiger partial charge in [-0.25, -0.2) is 0 Å². The van der Waals surface area contributed by atoms with E-state index in [0.717, 1.165) is 6.42 Å². The topological polar surface area (TPSA) is 38.3 Å². The van der Waals surface area contributed by atoms with Crippen molar-refractivity contribution in [2.24, 2.45) is 0 Å². The first kappa shape index (κ1) is 17.4. The average Bonchev–Trinajstić information content (AvgIpc) is 2.36. The summed E-state index contributed by atoms with van der Waals surface area (Å²) >= 11 is 0. The molecule has 1 atom stereocenters. The highest BCUT2D eigenvalue weighted by molar-refractivity contribution is 5.70.